The molecule has 1 aliphatic rings. The molecule has 2 aromatic rings. The third-order valence-electron chi connectivity index (χ3n) is 4.37. The highest BCUT2D eigenvalue weighted by Gasteiger charge is 2.26. The van der Waals surface area contributed by atoms with Crippen LogP contribution in [0.1, 0.15) is 9.67 Å². The van der Waals surface area contributed by atoms with Crippen LogP contribution in [0.4, 0.5) is 5.69 Å². The summed E-state index contributed by atoms with van der Waals surface area (Å²) in [7, 11) is 1.41. The number of nitrogens with zero attached hydrogens (tertiary/aromatic N) is 3. The molecule has 1 saturated heterocycles. The quantitative estimate of drug-likeness (QED) is 0.538. The Hall–Kier alpha value is -3.14. The van der Waals surface area contributed by atoms with Crippen LogP contribution in [0.2, 0.25) is 0 Å². The van der Waals surface area contributed by atoms with Crippen LogP contribution in [0.15, 0.2) is 35.7 Å². The lowest BCUT2D eigenvalue weighted by molar-refractivity contribution is -0.385. The minimum Gasteiger partial charge on any atom is -0.496 e. The molecule has 0 atom stereocenters. The number of carbonyl (C=O) groups excluding carboxylic acids is 2. The molecule has 0 unspecified atom stereocenters. The Labute approximate surface area is 165 Å². The lowest BCUT2D eigenvalue weighted by Gasteiger charge is -2.34. The van der Waals surface area contributed by atoms with E-state index in [9.17, 15) is 19.7 Å². The summed E-state index contributed by atoms with van der Waals surface area (Å²) >= 11 is 1.39. The zero-order valence-electron chi connectivity index (χ0n) is 15.2. The number of thiophene rings is 1. The summed E-state index contributed by atoms with van der Waals surface area (Å²) in [6, 6.07) is 7.78. The Balaban J connectivity index is 1.54. The van der Waals surface area contributed by atoms with Gasteiger partial charge in [0.2, 0.25) is 0 Å². The van der Waals surface area contributed by atoms with E-state index in [2.05, 4.69) is 0 Å². The molecule has 9 nitrogen and oxygen atoms in total. The summed E-state index contributed by atoms with van der Waals surface area (Å²) < 4.78 is 10.3. The van der Waals surface area contributed by atoms with E-state index in [-0.39, 0.29) is 29.9 Å². The third-order valence-corrected chi connectivity index (χ3v) is 5.22. The summed E-state index contributed by atoms with van der Waals surface area (Å²) in [6.45, 7) is 1.34. The van der Waals surface area contributed by atoms with Gasteiger partial charge in [-0.25, -0.2) is 0 Å². The molecule has 1 aromatic heterocycles. The molecule has 0 bridgehead atoms. The van der Waals surface area contributed by atoms with Crippen LogP contribution in [0.3, 0.4) is 0 Å². The van der Waals surface area contributed by atoms with E-state index < -0.39 is 4.92 Å². The summed E-state index contributed by atoms with van der Waals surface area (Å²) in [5.74, 6) is 0.0168. The number of rotatable bonds is 6. The molecule has 0 spiro atoms. The van der Waals surface area contributed by atoms with Crippen molar-refractivity contribution in [3.63, 3.8) is 0 Å². The summed E-state index contributed by atoms with van der Waals surface area (Å²) in [5.41, 5.74) is -0.265. The fourth-order valence-electron chi connectivity index (χ4n) is 2.83. The molecule has 3 rings (SSSR count). The number of ether oxygens (including phenoxy) is 2. The number of carbonyl (C=O) groups is 2. The molecule has 148 valence electrons. The monoisotopic (exact) mass is 405 g/mol. The maximum atomic E-state index is 12.4. The van der Waals surface area contributed by atoms with Gasteiger partial charge in [-0.15, -0.1) is 11.3 Å². The first-order chi connectivity index (χ1) is 13.5. The predicted molar refractivity (Wildman–Crippen MR) is 102 cm³/mol. The highest BCUT2D eigenvalue weighted by Crippen LogP contribution is 2.31. The van der Waals surface area contributed by atoms with Crippen molar-refractivity contribution in [1.29, 1.82) is 0 Å². The fraction of sp³-hybridized carbons (Fsp3) is 0.333. The number of piperazine rings is 1. The molecule has 0 radical (unpaired) electrons. The minimum atomic E-state index is -0.586. The second-order valence-electron chi connectivity index (χ2n) is 6.03. The molecule has 10 heteroatoms. The predicted octanol–water partition coefficient (Wildman–Crippen LogP) is 2.03. The SMILES string of the molecule is COc1ccc(OCC(=O)N2CCN(C(=O)c3cccs3)CC2)c([N+](=O)[O-])c1. The highest BCUT2D eigenvalue weighted by atomic mass is 32.1. The maximum absolute atomic E-state index is 12.4. The first-order valence-electron chi connectivity index (χ1n) is 8.55. The molecule has 28 heavy (non-hydrogen) atoms. The standard InChI is InChI=1S/C18H19N3O6S/c1-26-13-4-5-15(14(11-13)21(24)25)27-12-17(22)19-6-8-20(9-7-19)18(23)16-3-2-10-28-16/h2-5,10-11H,6-9,12H2,1H3. The number of nitro benzene ring substituents is 1. The number of hydrogen-bond donors (Lipinski definition) is 0. The fourth-order valence-corrected chi connectivity index (χ4v) is 3.53. The van der Waals surface area contributed by atoms with E-state index in [4.69, 9.17) is 9.47 Å². The van der Waals surface area contributed by atoms with Gasteiger partial charge in [-0.05, 0) is 23.6 Å². The van der Waals surface area contributed by atoms with E-state index in [1.807, 2.05) is 11.4 Å². The van der Waals surface area contributed by atoms with Crippen LogP contribution in [0, 0.1) is 10.1 Å². The van der Waals surface area contributed by atoms with E-state index in [1.165, 1.54) is 36.6 Å². The Bertz CT molecular complexity index is 862. The number of amides is 2. The van der Waals surface area contributed by atoms with E-state index in [1.54, 1.807) is 15.9 Å². The molecule has 1 aromatic carbocycles. The molecule has 0 N–H and O–H groups in total. The Kier molecular flexibility index (Phi) is 6.09. The number of nitro groups is 1. The van der Waals surface area contributed by atoms with Gasteiger partial charge < -0.3 is 19.3 Å². The van der Waals surface area contributed by atoms with Gasteiger partial charge in [0.1, 0.15) is 5.75 Å². The van der Waals surface area contributed by atoms with Gasteiger partial charge in [0.15, 0.2) is 12.4 Å². The van der Waals surface area contributed by atoms with Crippen molar-refractivity contribution >= 4 is 28.8 Å². The topological polar surface area (TPSA) is 102 Å². The number of benzene rings is 1. The van der Waals surface area contributed by atoms with Crippen LogP contribution < -0.4 is 9.47 Å². The van der Waals surface area contributed by atoms with E-state index in [0.717, 1.165) is 0 Å². The van der Waals surface area contributed by atoms with Crippen molar-refractivity contribution in [1.82, 2.24) is 9.80 Å². The number of methoxy groups -OCH3 is 1. The van der Waals surface area contributed by atoms with Gasteiger partial charge in [0, 0.05) is 26.2 Å². The van der Waals surface area contributed by atoms with Gasteiger partial charge in [-0.3, -0.25) is 19.7 Å². The second-order valence-corrected chi connectivity index (χ2v) is 6.98. The number of hydrogen-bond acceptors (Lipinski definition) is 7. The van der Waals surface area contributed by atoms with Crippen LogP contribution >= 0.6 is 11.3 Å². The van der Waals surface area contributed by atoms with Crippen LogP contribution in [0.25, 0.3) is 0 Å². The lowest BCUT2D eigenvalue weighted by Crippen LogP contribution is -2.51. The average Bonchev–Trinajstić information content (AvgIpc) is 3.26. The zero-order chi connectivity index (χ0) is 20.1. The molecular formula is C18H19N3O6S. The van der Waals surface area contributed by atoms with Gasteiger partial charge in [0.05, 0.1) is 23.0 Å². The molecule has 2 heterocycles. The van der Waals surface area contributed by atoms with Gasteiger partial charge in [-0.1, -0.05) is 6.07 Å². The first kappa shape index (κ1) is 19.6. The lowest BCUT2D eigenvalue weighted by atomic mass is 10.2. The average molecular weight is 405 g/mol. The maximum Gasteiger partial charge on any atom is 0.314 e. The summed E-state index contributed by atoms with van der Waals surface area (Å²) in [6.07, 6.45) is 0. The van der Waals surface area contributed by atoms with Crippen molar-refractivity contribution < 1.29 is 24.0 Å². The van der Waals surface area contributed by atoms with Gasteiger partial charge >= 0.3 is 5.69 Å². The van der Waals surface area contributed by atoms with Crippen molar-refractivity contribution in [2.24, 2.45) is 0 Å². The zero-order valence-corrected chi connectivity index (χ0v) is 16.0. The summed E-state index contributed by atoms with van der Waals surface area (Å²) in [5, 5.41) is 13.0. The molecular weight excluding hydrogens is 386 g/mol. The molecule has 1 fully saturated rings. The van der Waals surface area contributed by atoms with Gasteiger partial charge in [0.25, 0.3) is 11.8 Å². The summed E-state index contributed by atoms with van der Waals surface area (Å²) in [4.78, 5) is 39.3. The van der Waals surface area contributed by atoms with Crippen LogP contribution in [-0.2, 0) is 4.79 Å². The first-order valence-corrected chi connectivity index (χ1v) is 9.43. The largest absolute Gasteiger partial charge is 0.496 e. The molecule has 0 saturated carbocycles. The molecule has 2 amide bonds. The highest BCUT2D eigenvalue weighted by molar-refractivity contribution is 7.12. The Morgan fingerprint density at radius 1 is 1.18 bits per heavy atom. The van der Waals surface area contributed by atoms with Gasteiger partial charge in [-0.2, -0.15) is 0 Å². The van der Waals surface area contributed by atoms with Crippen LogP contribution in [-0.4, -0.2) is 66.4 Å². The Morgan fingerprint density at radius 2 is 1.89 bits per heavy atom. The minimum absolute atomic E-state index is 0.00524. The Morgan fingerprint density at radius 3 is 2.50 bits per heavy atom. The van der Waals surface area contributed by atoms with Crippen molar-refractivity contribution in [3.8, 4) is 11.5 Å². The van der Waals surface area contributed by atoms with Crippen LogP contribution in [0.5, 0.6) is 11.5 Å². The van der Waals surface area contributed by atoms with E-state index in [0.29, 0.717) is 36.8 Å². The normalized spacial score (nSPS) is 13.9. The molecule has 0 aliphatic carbocycles. The second kappa shape index (κ2) is 8.70. The van der Waals surface area contributed by atoms with Crippen molar-refractivity contribution in [2.45, 2.75) is 0 Å². The smallest absolute Gasteiger partial charge is 0.314 e. The third kappa shape index (κ3) is 4.39. The molecule has 1 aliphatic heterocycles. The van der Waals surface area contributed by atoms with Crippen molar-refractivity contribution in [3.05, 3.63) is 50.7 Å². The van der Waals surface area contributed by atoms with E-state index >= 15 is 0 Å². The van der Waals surface area contributed by atoms with Crippen molar-refractivity contribution in [2.75, 3.05) is 39.9 Å².